The van der Waals surface area contributed by atoms with Crippen molar-refractivity contribution in [3.8, 4) is 0 Å². The molecule has 0 aliphatic rings. The molecule has 3 rings (SSSR count). The van der Waals surface area contributed by atoms with Gasteiger partial charge < -0.3 is 15.7 Å². The molecule has 0 aliphatic carbocycles. The fourth-order valence-corrected chi connectivity index (χ4v) is 3.51. The zero-order valence-corrected chi connectivity index (χ0v) is 15.9. The fourth-order valence-electron chi connectivity index (χ4n) is 2.54. The lowest BCUT2D eigenvalue weighted by atomic mass is 10.1. The number of hydrogen-bond donors (Lipinski definition) is 3. The van der Waals surface area contributed by atoms with E-state index in [9.17, 15) is 19.1 Å². The molecule has 0 spiro atoms. The Hall–Kier alpha value is -3.03. The molecule has 7 heteroatoms. The van der Waals surface area contributed by atoms with Crippen molar-refractivity contribution in [2.45, 2.75) is 19.6 Å². The predicted molar refractivity (Wildman–Crippen MR) is 106 cm³/mol. The summed E-state index contributed by atoms with van der Waals surface area (Å²) in [6.45, 7) is 1.76. The van der Waals surface area contributed by atoms with Crippen LogP contribution in [0.25, 0.3) is 0 Å². The summed E-state index contributed by atoms with van der Waals surface area (Å²) in [6.07, 6.45) is -0.740. The first-order valence-corrected chi connectivity index (χ1v) is 9.42. The zero-order chi connectivity index (χ0) is 20.1. The van der Waals surface area contributed by atoms with Gasteiger partial charge in [0.15, 0.2) is 0 Å². The van der Waals surface area contributed by atoms with Crippen LogP contribution in [0.2, 0.25) is 0 Å². The van der Waals surface area contributed by atoms with E-state index in [0.717, 1.165) is 21.4 Å². The van der Waals surface area contributed by atoms with Gasteiger partial charge in [0, 0.05) is 15.4 Å². The summed E-state index contributed by atoms with van der Waals surface area (Å²) >= 11 is 1.35. The number of anilines is 1. The van der Waals surface area contributed by atoms with E-state index in [2.05, 4.69) is 10.6 Å². The Morgan fingerprint density at radius 2 is 1.82 bits per heavy atom. The summed E-state index contributed by atoms with van der Waals surface area (Å²) in [5, 5.41) is 15.3. The quantitative estimate of drug-likeness (QED) is 0.576. The average Bonchev–Trinajstić information content (AvgIpc) is 3.18. The lowest BCUT2D eigenvalue weighted by Crippen LogP contribution is -2.34. The average molecular weight is 398 g/mol. The molecule has 1 unspecified atom stereocenters. The minimum atomic E-state index is -0.871. The summed E-state index contributed by atoms with van der Waals surface area (Å²) in [4.78, 5) is 25.5. The third-order valence-electron chi connectivity index (χ3n) is 4.13. The predicted octanol–water partition coefficient (Wildman–Crippen LogP) is 3.53. The number of thiophene rings is 1. The minimum Gasteiger partial charge on any atom is -0.383 e. The van der Waals surface area contributed by atoms with Gasteiger partial charge in [-0.25, -0.2) is 4.39 Å². The van der Waals surface area contributed by atoms with Gasteiger partial charge in [0.25, 0.3) is 0 Å². The molecule has 1 heterocycles. The topological polar surface area (TPSA) is 78.4 Å². The number of benzene rings is 2. The first-order chi connectivity index (χ1) is 13.4. The van der Waals surface area contributed by atoms with Gasteiger partial charge in [0.05, 0.1) is 6.54 Å². The van der Waals surface area contributed by atoms with Crippen molar-refractivity contribution in [1.29, 1.82) is 0 Å². The molecule has 0 bridgehead atoms. The first kappa shape index (κ1) is 19.7. The molecule has 28 heavy (non-hydrogen) atoms. The third-order valence-corrected chi connectivity index (χ3v) is 5.26. The number of hydrogen-bond acceptors (Lipinski definition) is 4. The lowest BCUT2D eigenvalue weighted by molar-refractivity contribution is -0.136. The maximum Gasteiger partial charge on any atom is 0.313 e. The van der Waals surface area contributed by atoms with E-state index < -0.39 is 23.7 Å². The van der Waals surface area contributed by atoms with Crippen LogP contribution in [0, 0.1) is 12.7 Å². The van der Waals surface area contributed by atoms with Gasteiger partial charge in [-0.2, -0.15) is 0 Å². The highest BCUT2D eigenvalue weighted by Crippen LogP contribution is 2.28. The number of halogens is 1. The van der Waals surface area contributed by atoms with Crippen molar-refractivity contribution in [1.82, 2.24) is 5.32 Å². The van der Waals surface area contributed by atoms with E-state index in [1.807, 2.05) is 30.3 Å². The van der Waals surface area contributed by atoms with E-state index in [1.165, 1.54) is 23.5 Å². The Morgan fingerprint density at radius 1 is 1.07 bits per heavy atom. The number of aliphatic hydroxyl groups excluding tert-OH is 1. The lowest BCUT2D eigenvalue weighted by Gasteiger charge is -2.08. The third kappa shape index (κ3) is 4.82. The van der Waals surface area contributed by atoms with Gasteiger partial charge in [-0.05, 0) is 42.3 Å². The minimum absolute atomic E-state index is 0.153. The van der Waals surface area contributed by atoms with Gasteiger partial charge in [-0.15, -0.1) is 11.3 Å². The monoisotopic (exact) mass is 398 g/mol. The van der Waals surface area contributed by atoms with Crippen molar-refractivity contribution >= 4 is 28.8 Å². The number of carbonyl (C=O) groups excluding carboxylic acids is 2. The Morgan fingerprint density at radius 3 is 2.54 bits per heavy atom. The van der Waals surface area contributed by atoms with E-state index in [1.54, 1.807) is 19.1 Å². The van der Waals surface area contributed by atoms with E-state index in [0.29, 0.717) is 5.56 Å². The molecule has 0 radical (unpaired) electrons. The Bertz CT molecular complexity index is 988. The number of nitrogens with one attached hydrogen (secondary N) is 2. The van der Waals surface area contributed by atoms with E-state index in [4.69, 9.17) is 0 Å². The van der Waals surface area contributed by atoms with Crippen LogP contribution in [-0.4, -0.2) is 16.9 Å². The molecule has 5 nitrogen and oxygen atoms in total. The highest BCUT2D eigenvalue weighted by Gasteiger charge is 2.16. The molecule has 2 aromatic carbocycles. The molecule has 3 N–H and O–H groups in total. The molecule has 144 valence electrons. The number of aryl methyl sites for hydroxylation is 1. The van der Waals surface area contributed by atoms with Gasteiger partial charge in [0.2, 0.25) is 0 Å². The smallest absolute Gasteiger partial charge is 0.313 e. The maximum absolute atomic E-state index is 13.5. The highest BCUT2D eigenvalue weighted by atomic mass is 32.1. The molecule has 0 saturated carbocycles. The van der Waals surface area contributed by atoms with Crippen LogP contribution in [0.3, 0.4) is 0 Å². The standard InChI is InChI=1S/C21H19FN2O3S/c1-13-7-8-15(11-17(13)22)24-21(27)20(26)23-12-16-9-10-18(28-16)19(25)14-5-3-2-4-6-14/h2-11,19,25H,12H2,1H3,(H,23,26)(H,24,27). The molecule has 3 aromatic rings. The highest BCUT2D eigenvalue weighted by molar-refractivity contribution is 7.12. The van der Waals surface area contributed by atoms with Crippen LogP contribution in [0.1, 0.15) is 27.0 Å². The van der Waals surface area contributed by atoms with E-state index >= 15 is 0 Å². The molecule has 1 atom stereocenters. The van der Waals surface area contributed by atoms with Crippen LogP contribution in [0.5, 0.6) is 0 Å². The van der Waals surface area contributed by atoms with Crippen molar-refractivity contribution in [2.75, 3.05) is 5.32 Å². The van der Waals surface area contributed by atoms with Gasteiger partial charge in [-0.3, -0.25) is 9.59 Å². The van der Waals surface area contributed by atoms with Crippen LogP contribution in [0.15, 0.2) is 60.7 Å². The molecule has 0 saturated heterocycles. The molecule has 2 amide bonds. The number of amides is 2. The number of aliphatic hydroxyl groups is 1. The molecule has 0 aliphatic heterocycles. The van der Waals surface area contributed by atoms with Crippen LogP contribution in [-0.2, 0) is 16.1 Å². The van der Waals surface area contributed by atoms with Gasteiger partial charge in [0.1, 0.15) is 11.9 Å². The second-order valence-electron chi connectivity index (χ2n) is 6.22. The van der Waals surface area contributed by atoms with Gasteiger partial charge >= 0.3 is 11.8 Å². The molecular formula is C21H19FN2O3S. The Labute approximate surface area is 165 Å². The summed E-state index contributed by atoms with van der Waals surface area (Å²) in [7, 11) is 0. The summed E-state index contributed by atoms with van der Waals surface area (Å²) in [5.74, 6) is -2.15. The van der Waals surface area contributed by atoms with Crippen LogP contribution < -0.4 is 10.6 Å². The Kier molecular flexibility index (Phi) is 6.18. The maximum atomic E-state index is 13.5. The Balaban J connectivity index is 1.55. The zero-order valence-electron chi connectivity index (χ0n) is 15.1. The molecular weight excluding hydrogens is 379 g/mol. The summed E-state index contributed by atoms with van der Waals surface area (Å²) < 4.78 is 13.5. The van der Waals surface area contributed by atoms with E-state index in [-0.39, 0.29) is 12.2 Å². The summed E-state index contributed by atoms with van der Waals surface area (Å²) in [5.41, 5.74) is 1.45. The normalized spacial score (nSPS) is 11.7. The van der Waals surface area contributed by atoms with Crippen LogP contribution >= 0.6 is 11.3 Å². The molecule has 0 fully saturated rings. The fraction of sp³-hybridized carbons (Fsp3) is 0.143. The first-order valence-electron chi connectivity index (χ1n) is 8.61. The van der Waals surface area contributed by atoms with Crippen molar-refractivity contribution in [3.05, 3.63) is 87.4 Å². The van der Waals surface area contributed by atoms with Crippen molar-refractivity contribution < 1.29 is 19.1 Å². The van der Waals surface area contributed by atoms with Crippen molar-refractivity contribution in [2.24, 2.45) is 0 Å². The number of rotatable bonds is 5. The molecule has 1 aromatic heterocycles. The van der Waals surface area contributed by atoms with Gasteiger partial charge in [-0.1, -0.05) is 36.4 Å². The second-order valence-corrected chi connectivity index (χ2v) is 7.42. The van der Waals surface area contributed by atoms with Crippen LogP contribution in [0.4, 0.5) is 10.1 Å². The second kappa shape index (κ2) is 8.77. The number of carbonyl (C=O) groups is 2. The largest absolute Gasteiger partial charge is 0.383 e. The van der Waals surface area contributed by atoms with Crippen molar-refractivity contribution in [3.63, 3.8) is 0 Å². The summed E-state index contributed by atoms with van der Waals surface area (Å²) in [6, 6.07) is 17.1. The SMILES string of the molecule is Cc1ccc(NC(=O)C(=O)NCc2ccc(C(O)c3ccccc3)s2)cc1F.